The SMILES string of the molecule is CC(NCCC(C)(C)C)c1cccc2ccccc12. The van der Waals surface area contributed by atoms with Gasteiger partial charge in [0.1, 0.15) is 0 Å². The van der Waals surface area contributed by atoms with Crippen molar-refractivity contribution in [3.05, 3.63) is 48.0 Å². The summed E-state index contributed by atoms with van der Waals surface area (Å²) in [6, 6.07) is 15.6. The quantitative estimate of drug-likeness (QED) is 0.817. The van der Waals surface area contributed by atoms with Crippen LogP contribution in [0.4, 0.5) is 0 Å². The van der Waals surface area contributed by atoms with Gasteiger partial charge in [-0.15, -0.1) is 0 Å². The van der Waals surface area contributed by atoms with Crippen molar-refractivity contribution < 1.29 is 0 Å². The van der Waals surface area contributed by atoms with Crippen LogP contribution in [0.2, 0.25) is 0 Å². The van der Waals surface area contributed by atoms with Crippen molar-refractivity contribution in [2.75, 3.05) is 6.54 Å². The van der Waals surface area contributed by atoms with E-state index in [9.17, 15) is 0 Å². The Labute approximate surface area is 117 Å². The minimum Gasteiger partial charge on any atom is -0.310 e. The molecule has 0 spiro atoms. The molecule has 0 amide bonds. The third-order valence-electron chi connectivity index (χ3n) is 3.62. The first-order valence-electron chi connectivity index (χ1n) is 7.18. The van der Waals surface area contributed by atoms with Gasteiger partial charge in [0.05, 0.1) is 0 Å². The average molecular weight is 255 g/mol. The van der Waals surface area contributed by atoms with Gasteiger partial charge in [-0.05, 0) is 41.6 Å². The largest absolute Gasteiger partial charge is 0.310 e. The summed E-state index contributed by atoms with van der Waals surface area (Å²) in [5.74, 6) is 0. The summed E-state index contributed by atoms with van der Waals surface area (Å²) in [6.07, 6.45) is 1.20. The normalized spacial score (nSPS) is 13.7. The molecule has 0 aliphatic carbocycles. The van der Waals surface area contributed by atoms with Crippen LogP contribution in [0.3, 0.4) is 0 Å². The Hall–Kier alpha value is -1.34. The highest BCUT2D eigenvalue weighted by atomic mass is 14.9. The topological polar surface area (TPSA) is 12.0 Å². The lowest BCUT2D eigenvalue weighted by Gasteiger charge is -2.21. The first-order valence-corrected chi connectivity index (χ1v) is 7.18. The van der Waals surface area contributed by atoms with E-state index in [0.29, 0.717) is 11.5 Å². The summed E-state index contributed by atoms with van der Waals surface area (Å²) in [7, 11) is 0. The van der Waals surface area contributed by atoms with Crippen molar-refractivity contribution in [1.82, 2.24) is 5.32 Å². The molecule has 0 saturated carbocycles. The summed E-state index contributed by atoms with van der Waals surface area (Å²) in [4.78, 5) is 0. The van der Waals surface area contributed by atoms with Crippen LogP contribution in [0.25, 0.3) is 10.8 Å². The Bertz CT molecular complexity index is 531. The minimum absolute atomic E-state index is 0.394. The van der Waals surface area contributed by atoms with Crippen molar-refractivity contribution in [3.63, 3.8) is 0 Å². The molecular formula is C18H25N. The van der Waals surface area contributed by atoms with E-state index in [4.69, 9.17) is 0 Å². The molecule has 1 N–H and O–H groups in total. The fourth-order valence-corrected chi connectivity index (χ4v) is 2.40. The molecule has 0 fully saturated rings. The lowest BCUT2D eigenvalue weighted by Crippen LogP contribution is -2.23. The number of hydrogen-bond donors (Lipinski definition) is 1. The Morgan fingerprint density at radius 1 is 1.00 bits per heavy atom. The van der Waals surface area contributed by atoms with Crippen LogP contribution >= 0.6 is 0 Å². The summed E-state index contributed by atoms with van der Waals surface area (Å²) in [6.45, 7) is 10.2. The molecule has 102 valence electrons. The third-order valence-corrected chi connectivity index (χ3v) is 3.62. The predicted molar refractivity (Wildman–Crippen MR) is 84.4 cm³/mol. The highest BCUT2D eigenvalue weighted by Gasteiger charge is 2.12. The molecule has 0 radical (unpaired) electrons. The van der Waals surface area contributed by atoms with Crippen LogP contribution in [0.15, 0.2) is 42.5 Å². The molecule has 1 heteroatoms. The lowest BCUT2D eigenvalue weighted by atomic mass is 9.92. The summed E-state index contributed by atoms with van der Waals surface area (Å²) < 4.78 is 0. The predicted octanol–water partition coefficient (Wildman–Crippen LogP) is 4.93. The maximum Gasteiger partial charge on any atom is 0.0297 e. The van der Waals surface area contributed by atoms with Crippen LogP contribution in [-0.2, 0) is 0 Å². The monoisotopic (exact) mass is 255 g/mol. The van der Waals surface area contributed by atoms with Crippen LogP contribution in [-0.4, -0.2) is 6.54 Å². The minimum atomic E-state index is 0.394. The maximum atomic E-state index is 3.65. The summed E-state index contributed by atoms with van der Waals surface area (Å²) >= 11 is 0. The highest BCUT2D eigenvalue weighted by Crippen LogP contribution is 2.24. The van der Waals surface area contributed by atoms with E-state index in [0.717, 1.165) is 6.54 Å². The Morgan fingerprint density at radius 3 is 2.42 bits per heavy atom. The Kier molecular flexibility index (Phi) is 4.26. The van der Waals surface area contributed by atoms with Gasteiger partial charge in [0.15, 0.2) is 0 Å². The standard InChI is InChI=1S/C18H25N/c1-14(19-13-12-18(2,3)4)16-11-7-9-15-8-5-6-10-17(15)16/h5-11,14,19H,12-13H2,1-4H3. The molecule has 1 atom stereocenters. The average Bonchev–Trinajstić information content (AvgIpc) is 2.36. The first kappa shape index (κ1) is 14.1. The van der Waals surface area contributed by atoms with Gasteiger partial charge in [-0.3, -0.25) is 0 Å². The van der Waals surface area contributed by atoms with Gasteiger partial charge in [0.2, 0.25) is 0 Å². The molecular weight excluding hydrogens is 230 g/mol. The van der Waals surface area contributed by atoms with Crippen LogP contribution in [0, 0.1) is 5.41 Å². The smallest absolute Gasteiger partial charge is 0.0297 e. The fourth-order valence-electron chi connectivity index (χ4n) is 2.40. The van der Waals surface area contributed by atoms with Gasteiger partial charge in [-0.2, -0.15) is 0 Å². The van der Waals surface area contributed by atoms with E-state index in [1.807, 2.05) is 0 Å². The van der Waals surface area contributed by atoms with E-state index < -0.39 is 0 Å². The molecule has 2 rings (SSSR count). The molecule has 1 unspecified atom stereocenters. The maximum absolute atomic E-state index is 3.65. The first-order chi connectivity index (χ1) is 8.97. The molecule has 0 heterocycles. The zero-order valence-corrected chi connectivity index (χ0v) is 12.5. The van der Waals surface area contributed by atoms with E-state index in [1.165, 1.54) is 22.8 Å². The number of rotatable bonds is 4. The van der Waals surface area contributed by atoms with Gasteiger partial charge in [0.25, 0.3) is 0 Å². The van der Waals surface area contributed by atoms with Gasteiger partial charge < -0.3 is 5.32 Å². The van der Waals surface area contributed by atoms with Crippen LogP contribution < -0.4 is 5.32 Å². The molecule has 19 heavy (non-hydrogen) atoms. The second kappa shape index (κ2) is 5.75. The number of nitrogens with one attached hydrogen (secondary N) is 1. The van der Waals surface area contributed by atoms with Crippen molar-refractivity contribution in [3.8, 4) is 0 Å². The van der Waals surface area contributed by atoms with E-state index >= 15 is 0 Å². The summed E-state index contributed by atoms with van der Waals surface area (Å²) in [5, 5.41) is 6.33. The van der Waals surface area contributed by atoms with Gasteiger partial charge >= 0.3 is 0 Å². The Balaban J connectivity index is 2.11. The second-order valence-electron chi connectivity index (χ2n) is 6.55. The van der Waals surface area contributed by atoms with E-state index in [-0.39, 0.29) is 0 Å². The fraction of sp³-hybridized carbons (Fsp3) is 0.444. The molecule has 0 aliphatic heterocycles. The van der Waals surface area contributed by atoms with Crippen molar-refractivity contribution in [1.29, 1.82) is 0 Å². The van der Waals surface area contributed by atoms with E-state index in [1.54, 1.807) is 0 Å². The molecule has 2 aromatic carbocycles. The zero-order valence-electron chi connectivity index (χ0n) is 12.5. The molecule has 0 aromatic heterocycles. The molecule has 1 nitrogen and oxygen atoms in total. The van der Waals surface area contributed by atoms with Crippen molar-refractivity contribution >= 4 is 10.8 Å². The Morgan fingerprint density at radius 2 is 1.68 bits per heavy atom. The third kappa shape index (κ3) is 3.81. The number of benzene rings is 2. The molecule has 0 aliphatic rings. The van der Waals surface area contributed by atoms with Crippen molar-refractivity contribution in [2.45, 2.75) is 40.2 Å². The number of hydrogen-bond acceptors (Lipinski definition) is 1. The van der Waals surface area contributed by atoms with Gasteiger partial charge in [-0.1, -0.05) is 63.2 Å². The lowest BCUT2D eigenvalue weighted by molar-refractivity contribution is 0.358. The van der Waals surface area contributed by atoms with Gasteiger partial charge in [-0.25, -0.2) is 0 Å². The molecule has 0 saturated heterocycles. The number of fused-ring (bicyclic) bond motifs is 1. The zero-order chi connectivity index (χ0) is 13.9. The van der Waals surface area contributed by atoms with E-state index in [2.05, 4.69) is 75.5 Å². The van der Waals surface area contributed by atoms with Crippen molar-refractivity contribution in [2.24, 2.45) is 5.41 Å². The molecule has 2 aromatic rings. The van der Waals surface area contributed by atoms with Crippen LogP contribution in [0.1, 0.15) is 45.7 Å². The highest BCUT2D eigenvalue weighted by molar-refractivity contribution is 5.86. The summed E-state index contributed by atoms with van der Waals surface area (Å²) in [5.41, 5.74) is 1.79. The second-order valence-corrected chi connectivity index (χ2v) is 6.55. The van der Waals surface area contributed by atoms with Crippen LogP contribution in [0.5, 0.6) is 0 Å². The van der Waals surface area contributed by atoms with Gasteiger partial charge in [0, 0.05) is 6.04 Å². The molecule has 0 bridgehead atoms.